The molecule has 9 heteroatoms. The zero-order chi connectivity index (χ0) is 13.9. The van der Waals surface area contributed by atoms with E-state index in [1.807, 2.05) is 0 Å². The zero-order valence-electron chi connectivity index (χ0n) is 10.3. The van der Waals surface area contributed by atoms with Gasteiger partial charge in [0.25, 0.3) is 0 Å². The van der Waals surface area contributed by atoms with Crippen LogP contribution in [0.15, 0.2) is 5.38 Å². The molecule has 2 atom stereocenters. The van der Waals surface area contributed by atoms with Crippen molar-refractivity contribution in [3.8, 4) is 0 Å². The first-order valence-electron chi connectivity index (χ1n) is 5.34. The van der Waals surface area contributed by atoms with Crippen LogP contribution < -0.4 is 11.1 Å². The van der Waals surface area contributed by atoms with Crippen LogP contribution in [-0.4, -0.2) is 16.9 Å². The normalized spacial score (nSPS) is 14.4. The van der Waals surface area contributed by atoms with Gasteiger partial charge in [-0.15, -0.1) is 23.7 Å². The van der Waals surface area contributed by atoms with Crippen LogP contribution in [-0.2, 0) is 11.0 Å². The van der Waals surface area contributed by atoms with Gasteiger partial charge in [-0.1, -0.05) is 6.92 Å². The lowest BCUT2D eigenvalue weighted by atomic mass is 10.2. The second-order valence-electron chi connectivity index (χ2n) is 3.83. The third kappa shape index (κ3) is 4.96. The van der Waals surface area contributed by atoms with Gasteiger partial charge in [0.05, 0.1) is 12.1 Å². The van der Waals surface area contributed by atoms with Gasteiger partial charge in [0.1, 0.15) is 5.01 Å². The van der Waals surface area contributed by atoms with E-state index in [0.717, 1.165) is 16.7 Å². The molecule has 0 fully saturated rings. The number of nitrogens with one attached hydrogen (secondary N) is 1. The van der Waals surface area contributed by atoms with E-state index >= 15 is 0 Å². The highest BCUT2D eigenvalue weighted by Gasteiger charge is 2.34. The average molecular weight is 318 g/mol. The smallest absolute Gasteiger partial charge is 0.346 e. The molecule has 110 valence electrons. The lowest BCUT2D eigenvalue weighted by Gasteiger charge is -2.16. The number of thiazole rings is 1. The van der Waals surface area contributed by atoms with Gasteiger partial charge in [0, 0.05) is 5.38 Å². The van der Waals surface area contributed by atoms with Crippen LogP contribution in [0.25, 0.3) is 0 Å². The summed E-state index contributed by atoms with van der Waals surface area (Å²) in [6.07, 6.45) is -4.01. The molecule has 0 aromatic carbocycles. The molecular formula is C10H15ClF3N3OS. The molecule has 4 nitrogen and oxygen atoms in total. The Kier molecular flexibility index (Phi) is 6.74. The summed E-state index contributed by atoms with van der Waals surface area (Å²) in [4.78, 5) is 14.9. The number of carbonyl (C=O) groups excluding carboxylic acids is 1. The zero-order valence-corrected chi connectivity index (χ0v) is 12.0. The van der Waals surface area contributed by atoms with Crippen molar-refractivity contribution in [1.29, 1.82) is 0 Å². The maximum absolute atomic E-state index is 12.4. The summed E-state index contributed by atoms with van der Waals surface area (Å²) >= 11 is 0.876. The van der Waals surface area contributed by atoms with E-state index in [9.17, 15) is 18.0 Å². The third-order valence-electron chi connectivity index (χ3n) is 2.25. The number of hydrogen-bond donors (Lipinski definition) is 2. The number of amides is 1. The van der Waals surface area contributed by atoms with Gasteiger partial charge in [-0.2, -0.15) is 13.2 Å². The van der Waals surface area contributed by atoms with Gasteiger partial charge in [-0.25, -0.2) is 4.98 Å². The monoisotopic (exact) mass is 317 g/mol. The highest BCUT2D eigenvalue weighted by atomic mass is 35.5. The Labute approximate surface area is 119 Å². The minimum absolute atomic E-state index is 0. The van der Waals surface area contributed by atoms with Crippen molar-refractivity contribution in [1.82, 2.24) is 10.3 Å². The molecule has 1 aromatic heterocycles. The van der Waals surface area contributed by atoms with Crippen molar-refractivity contribution in [2.24, 2.45) is 5.73 Å². The number of carbonyl (C=O) groups is 1. The first-order chi connectivity index (χ1) is 8.25. The lowest BCUT2D eigenvalue weighted by molar-refractivity contribution is -0.140. The fourth-order valence-corrected chi connectivity index (χ4v) is 2.18. The molecule has 0 bridgehead atoms. The highest BCUT2D eigenvalue weighted by molar-refractivity contribution is 7.09. The molecule has 1 heterocycles. The maximum atomic E-state index is 12.4. The molecule has 0 saturated carbocycles. The molecular weight excluding hydrogens is 303 g/mol. The number of halogens is 4. The van der Waals surface area contributed by atoms with E-state index in [4.69, 9.17) is 5.73 Å². The van der Waals surface area contributed by atoms with Gasteiger partial charge in [0.15, 0.2) is 5.69 Å². The maximum Gasteiger partial charge on any atom is 0.434 e. The standard InChI is InChI=1S/C10H14F3N3OS.ClH/c1-3-6(15-8(17)5(2)14)9-16-7(4-18-9)10(11,12)13;/h4-6H,3,14H2,1-2H3,(H,15,17);1H/t5-,6?;/m1./s1. The van der Waals surface area contributed by atoms with Crippen LogP contribution in [0.4, 0.5) is 13.2 Å². The molecule has 1 amide bonds. The van der Waals surface area contributed by atoms with Crippen LogP contribution in [0, 0.1) is 0 Å². The van der Waals surface area contributed by atoms with Gasteiger partial charge in [-0.05, 0) is 13.3 Å². The summed E-state index contributed by atoms with van der Waals surface area (Å²) in [6, 6.07) is -1.24. The summed E-state index contributed by atoms with van der Waals surface area (Å²) in [5.41, 5.74) is 4.45. The molecule has 0 saturated heterocycles. The van der Waals surface area contributed by atoms with Gasteiger partial charge in [-0.3, -0.25) is 4.79 Å². The van der Waals surface area contributed by atoms with Crippen molar-refractivity contribution in [2.75, 3.05) is 0 Å². The molecule has 0 aliphatic rings. The topological polar surface area (TPSA) is 68.0 Å². The van der Waals surface area contributed by atoms with Crippen LogP contribution in [0.2, 0.25) is 0 Å². The minimum atomic E-state index is -4.46. The number of nitrogens with zero attached hydrogens (tertiary/aromatic N) is 1. The first kappa shape index (κ1) is 18.1. The number of hydrogen-bond acceptors (Lipinski definition) is 4. The quantitative estimate of drug-likeness (QED) is 0.896. The molecule has 0 aliphatic heterocycles. The van der Waals surface area contributed by atoms with Crippen molar-refractivity contribution < 1.29 is 18.0 Å². The van der Waals surface area contributed by atoms with E-state index in [-0.39, 0.29) is 17.4 Å². The molecule has 1 aromatic rings. The summed E-state index contributed by atoms with van der Waals surface area (Å²) in [5, 5.41) is 3.74. The van der Waals surface area contributed by atoms with Crippen LogP contribution in [0.1, 0.15) is 37.0 Å². The average Bonchev–Trinajstić information content (AvgIpc) is 2.73. The molecule has 19 heavy (non-hydrogen) atoms. The van der Waals surface area contributed by atoms with Crippen LogP contribution >= 0.6 is 23.7 Å². The van der Waals surface area contributed by atoms with E-state index in [1.165, 1.54) is 6.92 Å². The Morgan fingerprint density at radius 1 is 1.58 bits per heavy atom. The van der Waals surface area contributed by atoms with Crippen molar-refractivity contribution in [3.05, 3.63) is 16.1 Å². The van der Waals surface area contributed by atoms with Crippen LogP contribution in [0.3, 0.4) is 0 Å². The Morgan fingerprint density at radius 2 is 2.16 bits per heavy atom. The van der Waals surface area contributed by atoms with Gasteiger partial charge >= 0.3 is 6.18 Å². The van der Waals surface area contributed by atoms with Crippen LogP contribution in [0.5, 0.6) is 0 Å². The molecule has 1 rings (SSSR count). The van der Waals surface area contributed by atoms with Gasteiger partial charge in [0.2, 0.25) is 5.91 Å². The second-order valence-corrected chi connectivity index (χ2v) is 4.72. The molecule has 0 aliphatic carbocycles. The lowest BCUT2D eigenvalue weighted by Crippen LogP contribution is -2.40. The fraction of sp³-hybridized carbons (Fsp3) is 0.600. The van der Waals surface area contributed by atoms with E-state index in [0.29, 0.717) is 6.42 Å². The molecule has 0 radical (unpaired) electrons. The number of aromatic nitrogens is 1. The molecule has 1 unspecified atom stereocenters. The fourth-order valence-electron chi connectivity index (χ4n) is 1.22. The van der Waals surface area contributed by atoms with E-state index in [2.05, 4.69) is 10.3 Å². The summed E-state index contributed by atoms with van der Waals surface area (Å²) in [5.74, 6) is -0.411. The minimum Gasteiger partial charge on any atom is -0.346 e. The number of nitrogens with two attached hydrogens (primary N) is 1. The van der Waals surface area contributed by atoms with E-state index in [1.54, 1.807) is 6.92 Å². The van der Waals surface area contributed by atoms with Gasteiger partial charge < -0.3 is 11.1 Å². The van der Waals surface area contributed by atoms with Crippen molar-refractivity contribution in [2.45, 2.75) is 38.5 Å². The van der Waals surface area contributed by atoms with Crippen molar-refractivity contribution in [3.63, 3.8) is 0 Å². The highest BCUT2D eigenvalue weighted by Crippen LogP contribution is 2.32. The Morgan fingerprint density at radius 3 is 2.53 bits per heavy atom. The third-order valence-corrected chi connectivity index (χ3v) is 3.21. The van der Waals surface area contributed by atoms with E-state index < -0.39 is 29.9 Å². The Balaban J connectivity index is 0.00000324. The SMILES string of the molecule is CCC(NC(=O)[C@@H](C)N)c1nc(C(F)(F)F)cs1.Cl. The molecule has 3 N–H and O–H groups in total. The second kappa shape index (κ2) is 7.06. The predicted octanol–water partition coefficient (Wildman–Crippen LogP) is 2.50. The summed E-state index contributed by atoms with van der Waals surface area (Å²) in [7, 11) is 0. The summed E-state index contributed by atoms with van der Waals surface area (Å²) < 4.78 is 37.2. The Bertz CT molecular complexity index is 422. The first-order valence-corrected chi connectivity index (χ1v) is 6.22. The number of alkyl halides is 3. The largest absolute Gasteiger partial charge is 0.434 e. The Hall–Kier alpha value is -0.860. The molecule has 0 spiro atoms. The van der Waals surface area contributed by atoms with Crippen molar-refractivity contribution >= 4 is 29.7 Å². The number of rotatable bonds is 4. The predicted molar refractivity (Wildman–Crippen MR) is 69.2 cm³/mol. The summed E-state index contributed by atoms with van der Waals surface area (Å²) in [6.45, 7) is 3.26.